The highest BCUT2D eigenvalue weighted by Gasteiger charge is 2.26. The highest BCUT2D eigenvalue weighted by Crippen LogP contribution is 2.37. The van der Waals surface area contributed by atoms with Crippen molar-refractivity contribution in [3.63, 3.8) is 0 Å². The van der Waals surface area contributed by atoms with Crippen LogP contribution in [0.3, 0.4) is 0 Å². The fourth-order valence-corrected chi connectivity index (χ4v) is 3.83. The standard InChI is InChI=1S/C20H21ClN2O2S/c1-3-13(2)22-20(25)14-8-9-18-17(10-14)23(19(24)12-26-18)11-15-6-4-5-7-16(15)21/h4-10,13H,3,11-12H2,1-2H3,(H,22,25)/t13-/m0/s1. The van der Waals surface area contributed by atoms with Gasteiger partial charge >= 0.3 is 0 Å². The Morgan fingerprint density at radius 3 is 2.81 bits per heavy atom. The number of anilines is 1. The van der Waals surface area contributed by atoms with Crippen molar-refractivity contribution >= 4 is 40.9 Å². The van der Waals surface area contributed by atoms with Gasteiger partial charge in [0.2, 0.25) is 5.91 Å². The van der Waals surface area contributed by atoms with Gasteiger partial charge in [0, 0.05) is 21.5 Å². The molecule has 0 saturated carbocycles. The van der Waals surface area contributed by atoms with E-state index < -0.39 is 0 Å². The lowest BCUT2D eigenvalue weighted by atomic mass is 10.1. The fraction of sp³-hybridized carbons (Fsp3) is 0.300. The minimum Gasteiger partial charge on any atom is -0.350 e. The number of hydrogen-bond donors (Lipinski definition) is 1. The first kappa shape index (κ1) is 18.8. The zero-order valence-corrected chi connectivity index (χ0v) is 16.4. The molecule has 6 heteroatoms. The number of thioether (sulfide) groups is 1. The molecule has 26 heavy (non-hydrogen) atoms. The van der Waals surface area contributed by atoms with Crippen LogP contribution in [0, 0.1) is 0 Å². The smallest absolute Gasteiger partial charge is 0.251 e. The summed E-state index contributed by atoms with van der Waals surface area (Å²) >= 11 is 7.76. The quantitative estimate of drug-likeness (QED) is 0.819. The van der Waals surface area contributed by atoms with Crippen LogP contribution < -0.4 is 10.2 Å². The van der Waals surface area contributed by atoms with Crippen LogP contribution in [0.25, 0.3) is 0 Å². The molecule has 1 N–H and O–H groups in total. The summed E-state index contributed by atoms with van der Waals surface area (Å²) in [4.78, 5) is 27.7. The Labute approximate surface area is 162 Å². The van der Waals surface area contributed by atoms with Crippen LogP contribution in [-0.4, -0.2) is 23.6 Å². The highest BCUT2D eigenvalue weighted by atomic mass is 35.5. The van der Waals surface area contributed by atoms with Crippen LogP contribution in [0.5, 0.6) is 0 Å². The molecule has 0 bridgehead atoms. The molecule has 0 saturated heterocycles. The first-order valence-electron chi connectivity index (χ1n) is 8.61. The summed E-state index contributed by atoms with van der Waals surface area (Å²) in [6.07, 6.45) is 0.865. The van der Waals surface area contributed by atoms with Gasteiger partial charge < -0.3 is 10.2 Å². The maximum Gasteiger partial charge on any atom is 0.251 e. The van der Waals surface area contributed by atoms with Gasteiger partial charge in [-0.15, -0.1) is 11.8 Å². The van der Waals surface area contributed by atoms with Crippen LogP contribution in [0.15, 0.2) is 47.4 Å². The molecule has 3 rings (SSSR count). The van der Waals surface area contributed by atoms with E-state index in [-0.39, 0.29) is 17.9 Å². The van der Waals surface area contributed by atoms with Gasteiger partial charge in [0.25, 0.3) is 5.91 Å². The Bertz CT molecular complexity index is 840. The van der Waals surface area contributed by atoms with E-state index in [1.165, 1.54) is 11.8 Å². The number of hydrogen-bond acceptors (Lipinski definition) is 3. The van der Waals surface area contributed by atoms with Crippen LogP contribution in [-0.2, 0) is 11.3 Å². The van der Waals surface area contributed by atoms with Crippen molar-refractivity contribution in [1.29, 1.82) is 0 Å². The lowest BCUT2D eigenvalue weighted by molar-refractivity contribution is -0.116. The van der Waals surface area contributed by atoms with Crippen molar-refractivity contribution in [1.82, 2.24) is 5.32 Å². The van der Waals surface area contributed by atoms with Gasteiger partial charge in [0.15, 0.2) is 0 Å². The van der Waals surface area contributed by atoms with Crippen molar-refractivity contribution < 1.29 is 9.59 Å². The van der Waals surface area contributed by atoms with Gasteiger partial charge in [0.05, 0.1) is 18.0 Å². The third-order valence-corrected chi connectivity index (χ3v) is 5.86. The lowest BCUT2D eigenvalue weighted by Gasteiger charge is -2.30. The Balaban J connectivity index is 1.92. The average Bonchev–Trinajstić information content (AvgIpc) is 2.65. The van der Waals surface area contributed by atoms with Gasteiger partial charge in [-0.2, -0.15) is 0 Å². The average molecular weight is 389 g/mol. The first-order chi connectivity index (χ1) is 12.5. The first-order valence-corrected chi connectivity index (χ1v) is 9.97. The molecule has 136 valence electrons. The summed E-state index contributed by atoms with van der Waals surface area (Å²) in [5, 5.41) is 3.60. The van der Waals surface area contributed by atoms with Gasteiger partial charge in [-0.25, -0.2) is 0 Å². The minimum absolute atomic E-state index is 0.0157. The van der Waals surface area contributed by atoms with E-state index >= 15 is 0 Å². The molecule has 0 aromatic heterocycles. The lowest BCUT2D eigenvalue weighted by Crippen LogP contribution is -2.36. The molecule has 2 aromatic carbocycles. The second-order valence-corrected chi connectivity index (χ2v) is 7.75. The third-order valence-electron chi connectivity index (χ3n) is 4.44. The zero-order chi connectivity index (χ0) is 18.7. The van der Waals surface area contributed by atoms with Crippen molar-refractivity contribution in [3.05, 3.63) is 58.6 Å². The molecule has 2 aromatic rings. The fourth-order valence-electron chi connectivity index (χ4n) is 2.72. The van der Waals surface area contributed by atoms with Gasteiger partial charge in [-0.05, 0) is 43.2 Å². The summed E-state index contributed by atoms with van der Waals surface area (Å²) in [7, 11) is 0. The number of nitrogens with zero attached hydrogens (tertiary/aromatic N) is 1. The molecule has 4 nitrogen and oxygen atoms in total. The van der Waals surface area contributed by atoms with E-state index in [0.717, 1.165) is 22.6 Å². The molecular formula is C20H21ClN2O2S. The van der Waals surface area contributed by atoms with Crippen LogP contribution in [0.1, 0.15) is 36.2 Å². The molecule has 2 amide bonds. The summed E-state index contributed by atoms with van der Waals surface area (Å²) in [5.41, 5.74) is 2.21. The highest BCUT2D eigenvalue weighted by molar-refractivity contribution is 8.00. The third kappa shape index (κ3) is 4.05. The predicted molar refractivity (Wildman–Crippen MR) is 107 cm³/mol. The summed E-state index contributed by atoms with van der Waals surface area (Å²) in [6.45, 7) is 4.39. The van der Waals surface area contributed by atoms with Crippen molar-refractivity contribution in [3.8, 4) is 0 Å². The molecule has 0 spiro atoms. The summed E-state index contributed by atoms with van der Waals surface area (Å²) in [6, 6.07) is 13.1. The number of rotatable bonds is 5. The summed E-state index contributed by atoms with van der Waals surface area (Å²) < 4.78 is 0. The van der Waals surface area contributed by atoms with Crippen LogP contribution in [0.4, 0.5) is 5.69 Å². The molecule has 1 heterocycles. The number of carbonyl (C=O) groups is 2. The van der Waals surface area contributed by atoms with E-state index in [4.69, 9.17) is 11.6 Å². The Morgan fingerprint density at radius 2 is 2.08 bits per heavy atom. The number of halogens is 1. The Kier molecular flexibility index (Phi) is 5.89. The number of fused-ring (bicyclic) bond motifs is 1. The van der Waals surface area contributed by atoms with E-state index in [1.54, 1.807) is 11.0 Å². The molecule has 0 unspecified atom stereocenters. The minimum atomic E-state index is -0.122. The van der Waals surface area contributed by atoms with Crippen molar-refractivity contribution in [2.24, 2.45) is 0 Å². The number of carbonyl (C=O) groups excluding carboxylic acids is 2. The molecule has 1 aliphatic heterocycles. The van der Waals surface area contributed by atoms with E-state index in [9.17, 15) is 9.59 Å². The van der Waals surface area contributed by atoms with E-state index in [2.05, 4.69) is 5.32 Å². The maximum absolute atomic E-state index is 12.5. The zero-order valence-electron chi connectivity index (χ0n) is 14.8. The predicted octanol–water partition coefficient (Wildman–Crippen LogP) is 4.51. The second-order valence-electron chi connectivity index (χ2n) is 6.33. The van der Waals surface area contributed by atoms with Gasteiger partial charge in [-0.1, -0.05) is 36.7 Å². The maximum atomic E-state index is 12.5. The SMILES string of the molecule is CC[C@H](C)NC(=O)c1ccc2c(c1)N(Cc1ccccc1Cl)C(=O)CS2. The van der Waals surface area contributed by atoms with Crippen LogP contribution in [0.2, 0.25) is 5.02 Å². The molecule has 0 radical (unpaired) electrons. The monoisotopic (exact) mass is 388 g/mol. The number of nitrogens with one attached hydrogen (secondary N) is 1. The molecule has 1 aliphatic rings. The number of amides is 2. The summed E-state index contributed by atoms with van der Waals surface area (Å²) in [5.74, 6) is 0.278. The van der Waals surface area contributed by atoms with Crippen molar-refractivity contribution in [2.45, 2.75) is 37.8 Å². The molecular weight excluding hydrogens is 368 g/mol. The van der Waals surface area contributed by atoms with Gasteiger partial charge in [0.1, 0.15) is 0 Å². The van der Waals surface area contributed by atoms with Crippen molar-refractivity contribution in [2.75, 3.05) is 10.7 Å². The van der Waals surface area contributed by atoms with E-state index in [0.29, 0.717) is 22.9 Å². The topological polar surface area (TPSA) is 49.4 Å². The van der Waals surface area contributed by atoms with Crippen LogP contribution >= 0.6 is 23.4 Å². The normalized spacial score (nSPS) is 14.7. The number of benzene rings is 2. The second kappa shape index (κ2) is 8.14. The molecule has 1 atom stereocenters. The molecule has 0 fully saturated rings. The molecule has 0 aliphatic carbocycles. The van der Waals surface area contributed by atoms with E-state index in [1.807, 2.05) is 50.2 Å². The Hall–Kier alpha value is -1.98. The van der Waals surface area contributed by atoms with Gasteiger partial charge in [-0.3, -0.25) is 9.59 Å². The Morgan fingerprint density at radius 1 is 1.31 bits per heavy atom. The largest absolute Gasteiger partial charge is 0.350 e.